The first kappa shape index (κ1) is 24.0. The maximum atomic E-state index is 11.8. The number of carbonyl (C=O) groups excluding carboxylic acids is 1. The van der Waals surface area contributed by atoms with Crippen LogP contribution in [0.25, 0.3) is 0 Å². The van der Waals surface area contributed by atoms with Crippen molar-refractivity contribution in [3.8, 4) is 0 Å². The van der Waals surface area contributed by atoms with Crippen LogP contribution >= 0.6 is 35.6 Å². The van der Waals surface area contributed by atoms with Crippen LogP contribution < -0.4 is 10.6 Å². The summed E-state index contributed by atoms with van der Waals surface area (Å²) in [5.74, 6) is 0.856. The molecule has 0 spiro atoms. The number of nitrogens with zero attached hydrogens (tertiary/aromatic N) is 2. The summed E-state index contributed by atoms with van der Waals surface area (Å²) in [6, 6.07) is 7.78. The summed E-state index contributed by atoms with van der Waals surface area (Å²) in [5.41, 5.74) is 0.785. The number of rotatable bonds is 6. The van der Waals surface area contributed by atoms with Crippen LogP contribution in [0.2, 0.25) is 5.02 Å². The zero-order chi connectivity index (χ0) is 18.2. The molecule has 0 fully saturated rings. The number of amides is 1. The molecule has 0 saturated heterocycles. The highest BCUT2D eigenvalue weighted by molar-refractivity contribution is 14.0. The Kier molecular flexibility index (Phi) is 11.1. The molecule has 0 saturated carbocycles. The Morgan fingerprint density at radius 3 is 2.32 bits per heavy atom. The Balaban J connectivity index is 0.00000576. The number of guanidine groups is 1. The number of benzene rings is 1. The summed E-state index contributed by atoms with van der Waals surface area (Å²) in [7, 11) is 1.99. The minimum Gasteiger partial charge on any atom is -0.357 e. The largest absolute Gasteiger partial charge is 0.357 e. The first-order chi connectivity index (χ1) is 11.2. The van der Waals surface area contributed by atoms with Crippen molar-refractivity contribution >= 4 is 47.4 Å². The van der Waals surface area contributed by atoms with Crippen molar-refractivity contribution in [2.24, 2.45) is 10.4 Å². The zero-order valence-corrected chi connectivity index (χ0v) is 18.8. The third kappa shape index (κ3) is 9.30. The van der Waals surface area contributed by atoms with Crippen molar-refractivity contribution in [3.05, 3.63) is 34.9 Å². The van der Waals surface area contributed by atoms with Crippen LogP contribution in [-0.2, 0) is 11.3 Å². The van der Waals surface area contributed by atoms with E-state index in [2.05, 4.69) is 20.5 Å². The molecule has 7 heteroatoms. The first-order valence-electron chi connectivity index (χ1n) is 8.26. The van der Waals surface area contributed by atoms with Gasteiger partial charge in [0.1, 0.15) is 0 Å². The molecule has 0 aliphatic heterocycles. The van der Waals surface area contributed by atoms with Gasteiger partial charge in [0.2, 0.25) is 5.91 Å². The summed E-state index contributed by atoms with van der Waals surface area (Å²) in [6.07, 6.45) is 0. The lowest BCUT2D eigenvalue weighted by Crippen LogP contribution is -2.40. The molecule has 1 amide bonds. The molecule has 1 aromatic carbocycles. The van der Waals surface area contributed by atoms with E-state index in [0.29, 0.717) is 13.1 Å². The number of carbonyl (C=O) groups is 1. The quantitative estimate of drug-likeness (QED) is 0.283. The van der Waals surface area contributed by atoms with Gasteiger partial charge in [-0.3, -0.25) is 9.79 Å². The van der Waals surface area contributed by atoms with Crippen LogP contribution in [0.5, 0.6) is 0 Å². The normalized spacial score (nSPS) is 11.5. The van der Waals surface area contributed by atoms with Gasteiger partial charge in [0.25, 0.3) is 0 Å². The van der Waals surface area contributed by atoms with Crippen molar-refractivity contribution in [2.75, 3.05) is 26.7 Å². The fraction of sp³-hybridized carbons (Fsp3) is 0.556. The van der Waals surface area contributed by atoms with Gasteiger partial charge in [-0.15, -0.1) is 24.0 Å². The zero-order valence-electron chi connectivity index (χ0n) is 15.7. The predicted molar refractivity (Wildman–Crippen MR) is 117 cm³/mol. The molecule has 0 heterocycles. The summed E-state index contributed by atoms with van der Waals surface area (Å²) in [6.45, 7) is 10.3. The highest BCUT2D eigenvalue weighted by Gasteiger charge is 2.20. The fourth-order valence-corrected chi connectivity index (χ4v) is 2.13. The summed E-state index contributed by atoms with van der Waals surface area (Å²) >= 11 is 5.92. The van der Waals surface area contributed by atoms with E-state index in [1.165, 1.54) is 0 Å². The molecule has 0 aliphatic carbocycles. The van der Waals surface area contributed by atoms with E-state index in [4.69, 9.17) is 11.6 Å². The predicted octanol–water partition coefficient (Wildman–Crippen LogP) is 3.52. The van der Waals surface area contributed by atoms with E-state index in [-0.39, 0.29) is 35.3 Å². The molecule has 2 N–H and O–H groups in total. The number of halogens is 2. The summed E-state index contributed by atoms with van der Waals surface area (Å²) in [5, 5.41) is 6.91. The monoisotopic (exact) mass is 480 g/mol. The number of aliphatic imine (C=N–C) groups is 1. The Morgan fingerprint density at radius 1 is 1.20 bits per heavy atom. The van der Waals surface area contributed by atoms with Crippen molar-refractivity contribution in [3.63, 3.8) is 0 Å². The second-order valence-corrected chi connectivity index (χ2v) is 7.16. The molecule has 0 bridgehead atoms. The molecule has 25 heavy (non-hydrogen) atoms. The molecule has 142 valence electrons. The van der Waals surface area contributed by atoms with Crippen LogP contribution in [0.15, 0.2) is 29.3 Å². The molecule has 1 rings (SSSR count). The number of nitrogens with one attached hydrogen (secondary N) is 2. The smallest absolute Gasteiger partial charge is 0.225 e. The van der Waals surface area contributed by atoms with Crippen molar-refractivity contribution in [2.45, 2.75) is 34.2 Å². The van der Waals surface area contributed by atoms with Crippen LogP contribution in [0, 0.1) is 5.41 Å². The molecular weight excluding hydrogens is 451 g/mol. The van der Waals surface area contributed by atoms with Gasteiger partial charge in [0.15, 0.2) is 5.96 Å². The minimum absolute atomic E-state index is 0. The topological polar surface area (TPSA) is 56.7 Å². The molecular formula is C18H30ClIN4O. The highest BCUT2D eigenvalue weighted by Crippen LogP contribution is 2.12. The van der Waals surface area contributed by atoms with E-state index < -0.39 is 0 Å². The van der Waals surface area contributed by atoms with Gasteiger partial charge in [0, 0.05) is 37.1 Å². The van der Waals surface area contributed by atoms with Crippen molar-refractivity contribution in [1.82, 2.24) is 15.5 Å². The SMILES string of the molecule is CCNC(=NCCNC(=O)C(C)(C)C)N(C)Cc1ccc(Cl)cc1.I. The Morgan fingerprint density at radius 2 is 1.80 bits per heavy atom. The van der Waals surface area contributed by atoms with Gasteiger partial charge >= 0.3 is 0 Å². The Labute approximate surface area is 173 Å². The van der Waals surface area contributed by atoms with Gasteiger partial charge in [-0.25, -0.2) is 0 Å². The second kappa shape index (κ2) is 11.6. The minimum atomic E-state index is -0.375. The lowest BCUT2D eigenvalue weighted by Gasteiger charge is -2.22. The summed E-state index contributed by atoms with van der Waals surface area (Å²) in [4.78, 5) is 18.5. The maximum Gasteiger partial charge on any atom is 0.225 e. The van der Waals surface area contributed by atoms with E-state index in [9.17, 15) is 4.79 Å². The number of hydrogen-bond acceptors (Lipinski definition) is 2. The van der Waals surface area contributed by atoms with Gasteiger partial charge in [0.05, 0.1) is 6.54 Å². The average molecular weight is 481 g/mol. The van der Waals surface area contributed by atoms with Crippen LogP contribution in [0.3, 0.4) is 0 Å². The molecule has 5 nitrogen and oxygen atoms in total. The third-order valence-corrected chi connectivity index (χ3v) is 3.62. The third-order valence-electron chi connectivity index (χ3n) is 3.37. The van der Waals surface area contributed by atoms with Gasteiger partial charge in [-0.1, -0.05) is 44.5 Å². The molecule has 1 aromatic rings. The lowest BCUT2D eigenvalue weighted by atomic mass is 9.96. The lowest BCUT2D eigenvalue weighted by molar-refractivity contribution is -0.128. The number of hydrogen-bond donors (Lipinski definition) is 2. The average Bonchev–Trinajstić information content (AvgIpc) is 2.51. The maximum absolute atomic E-state index is 11.8. The standard InChI is InChI=1S/C18H29ClN4O.HI/c1-6-20-17(22-12-11-21-16(24)18(2,3)4)23(5)13-14-7-9-15(19)10-8-14;/h7-10H,6,11-13H2,1-5H3,(H,20,22)(H,21,24);1H. The first-order valence-corrected chi connectivity index (χ1v) is 8.64. The summed E-state index contributed by atoms with van der Waals surface area (Å²) < 4.78 is 0. The highest BCUT2D eigenvalue weighted by atomic mass is 127. The molecule has 0 atom stereocenters. The fourth-order valence-electron chi connectivity index (χ4n) is 2.00. The van der Waals surface area contributed by atoms with Crippen LogP contribution in [0.4, 0.5) is 0 Å². The molecule has 0 aliphatic rings. The molecule has 0 unspecified atom stereocenters. The van der Waals surface area contributed by atoms with Crippen molar-refractivity contribution in [1.29, 1.82) is 0 Å². The Hall–Kier alpha value is -1.02. The molecule has 0 aromatic heterocycles. The van der Waals surface area contributed by atoms with Gasteiger partial charge in [-0.05, 0) is 24.6 Å². The van der Waals surface area contributed by atoms with E-state index in [1.54, 1.807) is 0 Å². The second-order valence-electron chi connectivity index (χ2n) is 6.72. The molecule has 0 radical (unpaired) electrons. The van der Waals surface area contributed by atoms with Crippen molar-refractivity contribution < 1.29 is 4.79 Å². The van der Waals surface area contributed by atoms with Crippen LogP contribution in [0.1, 0.15) is 33.3 Å². The van der Waals surface area contributed by atoms with E-state index >= 15 is 0 Å². The van der Waals surface area contributed by atoms with Crippen LogP contribution in [-0.4, -0.2) is 43.4 Å². The van der Waals surface area contributed by atoms with Gasteiger partial charge < -0.3 is 15.5 Å². The Bertz CT molecular complexity index is 555. The van der Waals surface area contributed by atoms with Gasteiger partial charge in [-0.2, -0.15) is 0 Å². The van der Waals surface area contributed by atoms with E-state index in [0.717, 1.165) is 29.6 Å². The van der Waals surface area contributed by atoms with E-state index in [1.807, 2.05) is 59.0 Å².